The van der Waals surface area contributed by atoms with Crippen LogP contribution in [0.3, 0.4) is 0 Å². The summed E-state index contributed by atoms with van der Waals surface area (Å²) in [5, 5.41) is -0.130. The molecule has 0 radical (unpaired) electrons. The summed E-state index contributed by atoms with van der Waals surface area (Å²) in [5.41, 5.74) is 0.407. The van der Waals surface area contributed by atoms with E-state index < -0.39 is 9.05 Å². The van der Waals surface area contributed by atoms with E-state index in [0.29, 0.717) is 17.8 Å². The number of nitrogens with zero attached hydrogens (tertiary/aromatic N) is 3. The third-order valence-corrected chi connectivity index (χ3v) is 3.23. The Labute approximate surface area is 91.2 Å². The van der Waals surface area contributed by atoms with Crippen LogP contribution in [0, 0.1) is 0 Å². The van der Waals surface area contributed by atoms with Crippen LogP contribution in [0.4, 0.5) is 0 Å². The molecule has 2 aromatic rings. The predicted octanol–water partition coefficient (Wildman–Crippen LogP) is 1.22. The third-order valence-electron chi connectivity index (χ3n) is 2.03. The zero-order chi connectivity index (χ0) is 11.1. The molecule has 0 saturated carbocycles. The van der Waals surface area contributed by atoms with Gasteiger partial charge < -0.3 is 0 Å². The van der Waals surface area contributed by atoms with Gasteiger partial charge in [-0.05, 0) is 0 Å². The molecule has 80 valence electrons. The molecule has 0 saturated heterocycles. The molecule has 0 aromatic carbocycles. The number of hydrogen-bond acceptors (Lipinski definition) is 4. The fraction of sp³-hybridized carbons (Fsp3) is 0.250. The molecule has 5 nitrogen and oxygen atoms in total. The minimum absolute atomic E-state index is 0.130. The molecule has 0 fully saturated rings. The molecule has 2 heterocycles. The maximum Gasteiger partial charge on any atom is 0.280 e. The van der Waals surface area contributed by atoms with E-state index in [1.165, 1.54) is 6.20 Å². The summed E-state index contributed by atoms with van der Waals surface area (Å²) in [6, 6.07) is 0. The molecule has 0 aliphatic rings. The molecule has 0 atom stereocenters. The Morgan fingerprint density at radius 1 is 1.53 bits per heavy atom. The molecule has 0 aliphatic carbocycles. The molecule has 7 heteroatoms. The molecule has 2 aromatic heterocycles. The monoisotopic (exact) mass is 245 g/mol. The lowest BCUT2D eigenvalue weighted by Gasteiger charge is -1.95. The lowest BCUT2D eigenvalue weighted by molar-refractivity contribution is 0.607. The van der Waals surface area contributed by atoms with Crippen molar-refractivity contribution in [3.05, 3.63) is 24.4 Å². The fourth-order valence-corrected chi connectivity index (χ4v) is 2.36. The molecular weight excluding hydrogens is 238 g/mol. The van der Waals surface area contributed by atoms with Gasteiger partial charge in [0, 0.05) is 29.5 Å². The van der Waals surface area contributed by atoms with Crippen molar-refractivity contribution in [2.24, 2.45) is 0 Å². The van der Waals surface area contributed by atoms with Crippen LogP contribution in [0.15, 0.2) is 23.6 Å². The van der Waals surface area contributed by atoms with E-state index in [2.05, 4.69) is 9.97 Å². The van der Waals surface area contributed by atoms with Crippen LogP contribution >= 0.6 is 10.7 Å². The fourth-order valence-electron chi connectivity index (χ4n) is 1.40. The van der Waals surface area contributed by atoms with Gasteiger partial charge in [0.15, 0.2) is 5.03 Å². The SMILES string of the molecule is CCc1nc(S(=O)(=O)Cl)c2cnccn12. The van der Waals surface area contributed by atoms with Crippen LogP contribution in [0.2, 0.25) is 0 Å². The van der Waals surface area contributed by atoms with Crippen molar-refractivity contribution < 1.29 is 8.42 Å². The molecule has 0 unspecified atom stereocenters. The first-order valence-electron chi connectivity index (χ1n) is 4.29. The highest BCUT2D eigenvalue weighted by atomic mass is 35.7. The van der Waals surface area contributed by atoms with E-state index in [1.54, 1.807) is 16.8 Å². The van der Waals surface area contributed by atoms with Crippen molar-refractivity contribution in [3.63, 3.8) is 0 Å². The van der Waals surface area contributed by atoms with Gasteiger partial charge in [-0.3, -0.25) is 9.38 Å². The highest BCUT2D eigenvalue weighted by Gasteiger charge is 2.20. The molecule has 15 heavy (non-hydrogen) atoms. The molecule has 0 amide bonds. The van der Waals surface area contributed by atoms with Gasteiger partial charge in [0.25, 0.3) is 9.05 Å². The third kappa shape index (κ3) is 1.70. The van der Waals surface area contributed by atoms with E-state index in [1.807, 2.05) is 6.92 Å². The van der Waals surface area contributed by atoms with Crippen molar-refractivity contribution >= 4 is 25.2 Å². The van der Waals surface area contributed by atoms with Gasteiger partial charge in [-0.2, -0.15) is 0 Å². The van der Waals surface area contributed by atoms with Gasteiger partial charge in [0.2, 0.25) is 0 Å². The van der Waals surface area contributed by atoms with Gasteiger partial charge in [-0.15, -0.1) is 0 Å². The molecular formula is C8H8ClN3O2S. The first-order chi connectivity index (χ1) is 7.04. The highest BCUT2D eigenvalue weighted by molar-refractivity contribution is 8.13. The Morgan fingerprint density at radius 2 is 2.27 bits per heavy atom. The van der Waals surface area contributed by atoms with Gasteiger partial charge in [0.1, 0.15) is 11.3 Å². The van der Waals surface area contributed by atoms with E-state index in [-0.39, 0.29) is 5.03 Å². The van der Waals surface area contributed by atoms with Gasteiger partial charge >= 0.3 is 0 Å². The van der Waals surface area contributed by atoms with Crippen LogP contribution in [-0.2, 0) is 15.5 Å². The van der Waals surface area contributed by atoms with Crippen LogP contribution in [-0.4, -0.2) is 22.8 Å². The first kappa shape index (κ1) is 10.4. The van der Waals surface area contributed by atoms with E-state index in [0.717, 1.165) is 0 Å². The van der Waals surface area contributed by atoms with Crippen LogP contribution < -0.4 is 0 Å². The highest BCUT2D eigenvalue weighted by Crippen LogP contribution is 2.20. The quantitative estimate of drug-likeness (QED) is 0.747. The Kier molecular flexibility index (Phi) is 2.40. The minimum atomic E-state index is -3.82. The average molecular weight is 246 g/mol. The summed E-state index contributed by atoms with van der Waals surface area (Å²) in [7, 11) is 1.46. The first-order valence-corrected chi connectivity index (χ1v) is 6.60. The Balaban J connectivity index is 2.88. The molecule has 0 aliphatic heterocycles. The van der Waals surface area contributed by atoms with Crippen LogP contribution in [0.1, 0.15) is 12.7 Å². The lowest BCUT2D eigenvalue weighted by atomic mass is 10.4. The summed E-state index contributed by atoms with van der Waals surface area (Å²) in [6.07, 6.45) is 5.28. The topological polar surface area (TPSA) is 64.3 Å². The van der Waals surface area contributed by atoms with Crippen molar-refractivity contribution in [2.75, 3.05) is 0 Å². The number of rotatable bonds is 2. The number of halogens is 1. The summed E-state index contributed by atoms with van der Waals surface area (Å²) in [4.78, 5) is 7.83. The maximum absolute atomic E-state index is 11.2. The Bertz CT molecular complexity index is 605. The second-order valence-corrected chi connectivity index (χ2v) is 5.44. The van der Waals surface area contributed by atoms with Crippen LogP contribution in [0.25, 0.3) is 5.52 Å². The smallest absolute Gasteiger partial charge is 0.280 e. The number of aryl methyl sites for hydroxylation is 1. The van der Waals surface area contributed by atoms with Crippen molar-refractivity contribution in [3.8, 4) is 0 Å². The predicted molar refractivity (Wildman–Crippen MR) is 55.4 cm³/mol. The summed E-state index contributed by atoms with van der Waals surface area (Å²) < 4.78 is 24.1. The van der Waals surface area contributed by atoms with E-state index in [9.17, 15) is 8.42 Å². The molecule has 0 bridgehead atoms. The number of fused-ring (bicyclic) bond motifs is 1. The molecule has 2 rings (SSSR count). The number of aromatic nitrogens is 3. The Morgan fingerprint density at radius 3 is 2.87 bits per heavy atom. The zero-order valence-electron chi connectivity index (χ0n) is 7.88. The van der Waals surface area contributed by atoms with E-state index >= 15 is 0 Å². The van der Waals surface area contributed by atoms with Gasteiger partial charge in [0.05, 0.1) is 6.20 Å². The summed E-state index contributed by atoms with van der Waals surface area (Å²) in [6.45, 7) is 1.89. The van der Waals surface area contributed by atoms with Crippen LogP contribution in [0.5, 0.6) is 0 Å². The normalized spacial score (nSPS) is 12.1. The average Bonchev–Trinajstić information content (AvgIpc) is 2.55. The minimum Gasteiger partial charge on any atom is -0.299 e. The largest absolute Gasteiger partial charge is 0.299 e. The molecule has 0 spiro atoms. The standard InChI is InChI=1S/C8H8ClN3O2S/c1-2-7-11-8(15(9,13)14)6-5-10-3-4-12(6)7/h3-5H,2H2,1H3. The van der Waals surface area contributed by atoms with Crippen molar-refractivity contribution in [1.82, 2.24) is 14.4 Å². The summed E-state index contributed by atoms with van der Waals surface area (Å²) in [5.74, 6) is 0.645. The van der Waals surface area contributed by atoms with Gasteiger partial charge in [-0.1, -0.05) is 6.92 Å². The van der Waals surface area contributed by atoms with Gasteiger partial charge in [-0.25, -0.2) is 13.4 Å². The van der Waals surface area contributed by atoms with Crippen molar-refractivity contribution in [2.45, 2.75) is 18.4 Å². The Hall–Kier alpha value is -1.14. The second-order valence-electron chi connectivity index (χ2n) is 2.96. The zero-order valence-corrected chi connectivity index (χ0v) is 9.46. The second kappa shape index (κ2) is 3.46. The summed E-state index contributed by atoms with van der Waals surface area (Å²) >= 11 is 0. The maximum atomic E-state index is 11.2. The number of hydrogen-bond donors (Lipinski definition) is 0. The molecule has 0 N–H and O–H groups in total. The van der Waals surface area contributed by atoms with E-state index in [4.69, 9.17) is 10.7 Å². The van der Waals surface area contributed by atoms with Crippen molar-refractivity contribution in [1.29, 1.82) is 0 Å². The number of imidazole rings is 1. The lowest BCUT2D eigenvalue weighted by Crippen LogP contribution is -1.92.